The number of rotatable bonds is 3. The van der Waals surface area contributed by atoms with E-state index in [9.17, 15) is 22.0 Å². The molecule has 1 aromatic heterocycles. The summed E-state index contributed by atoms with van der Waals surface area (Å²) < 4.78 is 65.6. The number of nitrogens with two attached hydrogens (primary N) is 1. The first-order valence-electron chi connectivity index (χ1n) is 5.76. The maximum Gasteiger partial charge on any atom is 0.416 e. The van der Waals surface area contributed by atoms with Gasteiger partial charge in [-0.15, -0.1) is 0 Å². The molecule has 0 aliphatic carbocycles. The van der Waals surface area contributed by atoms with Gasteiger partial charge in [-0.3, -0.25) is 10.8 Å². The maximum absolute atomic E-state index is 13.8. The van der Waals surface area contributed by atoms with Gasteiger partial charge >= 0.3 is 6.18 Å². The van der Waals surface area contributed by atoms with Crippen molar-refractivity contribution < 1.29 is 22.0 Å². The highest BCUT2D eigenvalue weighted by Gasteiger charge is 2.32. The Kier molecular flexibility index (Phi) is 4.19. The number of hydrogen-bond acceptors (Lipinski definition) is 3. The number of benzene rings is 1. The number of aromatic nitrogens is 1. The molecule has 112 valence electrons. The van der Waals surface area contributed by atoms with Gasteiger partial charge in [0, 0.05) is 17.3 Å². The third-order valence-corrected chi connectivity index (χ3v) is 2.92. The molecule has 0 saturated heterocycles. The van der Waals surface area contributed by atoms with Crippen LogP contribution in [0.4, 0.5) is 22.0 Å². The number of pyridine rings is 1. The second-order valence-corrected chi connectivity index (χ2v) is 4.23. The van der Waals surface area contributed by atoms with Crippen LogP contribution in [0.15, 0.2) is 36.7 Å². The van der Waals surface area contributed by atoms with Crippen LogP contribution in [0.3, 0.4) is 0 Å². The van der Waals surface area contributed by atoms with Crippen LogP contribution in [0.2, 0.25) is 0 Å². The van der Waals surface area contributed by atoms with Crippen LogP contribution in [0.25, 0.3) is 0 Å². The zero-order valence-corrected chi connectivity index (χ0v) is 10.5. The third-order valence-electron chi connectivity index (χ3n) is 2.92. The van der Waals surface area contributed by atoms with E-state index in [0.717, 1.165) is 6.20 Å². The number of hydrogen-bond donors (Lipinski definition) is 2. The van der Waals surface area contributed by atoms with Gasteiger partial charge in [-0.25, -0.2) is 14.2 Å². The van der Waals surface area contributed by atoms with Crippen molar-refractivity contribution in [3.8, 4) is 0 Å². The Hall–Kier alpha value is -2.06. The zero-order chi connectivity index (χ0) is 15.6. The summed E-state index contributed by atoms with van der Waals surface area (Å²) in [7, 11) is 0. The van der Waals surface area contributed by atoms with E-state index in [4.69, 9.17) is 5.84 Å². The predicted molar refractivity (Wildman–Crippen MR) is 64.8 cm³/mol. The molecule has 0 spiro atoms. The molecule has 0 aliphatic rings. The van der Waals surface area contributed by atoms with Crippen LogP contribution in [0.1, 0.15) is 22.7 Å². The molecule has 0 bridgehead atoms. The molecule has 1 heterocycles. The van der Waals surface area contributed by atoms with Crippen molar-refractivity contribution >= 4 is 0 Å². The molecule has 1 unspecified atom stereocenters. The average molecular weight is 303 g/mol. The molecule has 0 fully saturated rings. The van der Waals surface area contributed by atoms with Gasteiger partial charge in [-0.05, 0) is 24.3 Å². The van der Waals surface area contributed by atoms with Crippen molar-refractivity contribution in [1.82, 2.24) is 10.4 Å². The fraction of sp³-hybridized carbons (Fsp3) is 0.154. The Balaban J connectivity index is 2.55. The van der Waals surface area contributed by atoms with Crippen molar-refractivity contribution in [2.75, 3.05) is 0 Å². The summed E-state index contributed by atoms with van der Waals surface area (Å²) in [5, 5.41) is 0. The average Bonchev–Trinajstić information content (AvgIpc) is 2.42. The van der Waals surface area contributed by atoms with Crippen LogP contribution in [0, 0.1) is 11.6 Å². The molecule has 8 heteroatoms. The van der Waals surface area contributed by atoms with Gasteiger partial charge in [0.1, 0.15) is 11.6 Å². The molecule has 0 saturated carbocycles. The van der Waals surface area contributed by atoms with Crippen LogP contribution in [0.5, 0.6) is 0 Å². The number of nitrogens with one attached hydrogen (secondary N) is 1. The largest absolute Gasteiger partial charge is 0.416 e. The normalized spacial score (nSPS) is 13.2. The van der Waals surface area contributed by atoms with Crippen LogP contribution < -0.4 is 11.3 Å². The molecule has 2 aromatic rings. The number of alkyl halides is 3. The Morgan fingerprint density at radius 1 is 1.05 bits per heavy atom. The van der Waals surface area contributed by atoms with Gasteiger partial charge in [0.15, 0.2) is 0 Å². The van der Waals surface area contributed by atoms with Gasteiger partial charge in [-0.2, -0.15) is 13.2 Å². The van der Waals surface area contributed by atoms with Crippen molar-refractivity contribution in [3.63, 3.8) is 0 Å². The van der Waals surface area contributed by atoms with E-state index in [0.29, 0.717) is 18.2 Å². The second kappa shape index (κ2) is 5.74. The van der Waals surface area contributed by atoms with E-state index < -0.39 is 35.0 Å². The van der Waals surface area contributed by atoms with Gasteiger partial charge in [0.25, 0.3) is 0 Å². The van der Waals surface area contributed by atoms with E-state index in [2.05, 4.69) is 10.4 Å². The van der Waals surface area contributed by atoms with E-state index in [1.165, 1.54) is 12.3 Å². The smallest absolute Gasteiger partial charge is 0.271 e. The summed E-state index contributed by atoms with van der Waals surface area (Å²) in [6, 6.07) is 1.81. The Morgan fingerprint density at radius 2 is 1.76 bits per heavy atom. The van der Waals surface area contributed by atoms with E-state index in [1.54, 1.807) is 0 Å². The lowest BCUT2D eigenvalue weighted by molar-refractivity contribution is -0.137. The summed E-state index contributed by atoms with van der Waals surface area (Å²) in [5.74, 6) is 3.51. The van der Waals surface area contributed by atoms with Crippen molar-refractivity contribution in [3.05, 3.63) is 65.0 Å². The molecule has 3 N–H and O–H groups in total. The molecule has 0 radical (unpaired) electrons. The topological polar surface area (TPSA) is 50.9 Å². The zero-order valence-electron chi connectivity index (χ0n) is 10.5. The fourth-order valence-corrected chi connectivity index (χ4v) is 1.91. The molecule has 3 nitrogen and oxygen atoms in total. The van der Waals surface area contributed by atoms with E-state index in [1.807, 2.05) is 0 Å². The fourth-order valence-electron chi connectivity index (χ4n) is 1.91. The minimum atomic E-state index is -4.64. The maximum atomic E-state index is 13.8. The first kappa shape index (κ1) is 15.3. The van der Waals surface area contributed by atoms with Gasteiger partial charge in [0.2, 0.25) is 0 Å². The highest BCUT2D eigenvalue weighted by atomic mass is 19.4. The summed E-state index contributed by atoms with van der Waals surface area (Å²) in [6.07, 6.45) is -2.54. The molecule has 0 amide bonds. The summed E-state index contributed by atoms with van der Waals surface area (Å²) >= 11 is 0. The third kappa shape index (κ3) is 3.17. The Morgan fingerprint density at radius 3 is 2.33 bits per heavy atom. The minimum absolute atomic E-state index is 0.106. The molecule has 2 rings (SSSR count). The summed E-state index contributed by atoms with van der Waals surface area (Å²) in [4.78, 5) is 3.52. The first-order chi connectivity index (χ1) is 9.84. The van der Waals surface area contributed by atoms with Crippen molar-refractivity contribution in [1.29, 1.82) is 0 Å². The number of hydrazine groups is 1. The molecule has 1 atom stereocenters. The Bertz CT molecular complexity index is 642. The van der Waals surface area contributed by atoms with Gasteiger partial charge in [0.05, 0.1) is 17.8 Å². The lowest BCUT2D eigenvalue weighted by Crippen LogP contribution is -2.30. The van der Waals surface area contributed by atoms with Crippen molar-refractivity contribution in [2.45, 2.75) is 12.2 Å². The van der Waals surface area contributed by atoms with Crippen LogP contribution >= 0.6 is 0 Å². The van der Waals surface area contributed by atoms with Crippen LogP contribution in [-0.4, -0.2) is 4.98 Å². The second-order valence-electron chi connectivity index (χ2n) is 4.23. The standard InChI is InChI=1S/C13H10F5N3/c14-10-2-1-7(13(16,17)18)5-9(10)12(21-19)8-3-4-20-6-11(8)15/h1-6,12,21H,19H2. The van der Waals surface area contributed by atoms with Crippen molar-refractivity contribution in [2.24, 2.45) is 5.84 Å². The monoisotopic (exact) mass is 303 g/mol. The lowest BCUT2D eigenvalue weighted by Gasteiger charge is -2.19. The molecular weight excluding hydrogens is 293 g/mol. The highest BCUT2D eigenvalue weighted by Crippen LogP contribution is 2.33. The van der Waals surface area contributed by atoms with Gasteiger partial charge < -0.3 is 0 Å². The molecular formula is C13H10F5N3. The highest BCUT2D eigenvalue weighted by molar-refractivity contribution is 5.36. The predicted octanol–water partition coefficient (Wildman–Crippen LogP) is 2.93. The summed E-state index contributed by atoms with van der Waals surface area (Å²) in [6.45, 7) is 0. The van der Waals surface area contributed by atoms with E-state index in [-0.39, 0.29) is 5.56 Å². The molecule has 1 aromatic carbocycles. The minimum Gasteiger partial charge on any atom is -0.271 e. The van der Waals surface area contributed by atoms with E-state index >= 15 is 0 Å². The van der Waals surface area contributed by atoms with Crippen LogP contribution in [-0.2, 0) is 6.18 Å². The van der Waals surface area contributed by atoms with Gasteiger partial charge in [-0.1, -0.05) is 0 Å². The lowest BCUT2D eigenvalue weighted by atomic mass is 9.97. The quantitative estimate of drug-likeness (QED) is 0.521. The molecule has 0 aliphatic heterocycles. The summed E-state index contributed by atoms with van der Waals surface area (Å²) in [5.41, 5.74) is 0.561. The molecule has 21 heavy (non-hydrogen) atoms. The Labute approximate surface area is 116 Å². The number of halogens is 5. The first-order valence-corrected chi connectivity index (χ1v) is 5.76. The SMILES string of the molecule is NNC(c1ccncc1F)c1cc(C(F)(F)F)ccc1F. The number of nitrogens with zero attached hydrogens (tertiary/aromatic N) is 1.